The summed E-state index contributed by atoms with van der Waals surface area (Å²) in [6, 6.07) is 14.5. The fraction of sp³-hybridized carbons (Fsp3) is 0.263. The quantitative estimate of drug-likeness (QED) is 0.916. The van der Waals surface area contributed by atoms with E-state index in [2.05, 4.69) is 5.32 Å². The van der Waals surface area contributed by atoms with Gasteiger partial charge in [0, 0.05) is 13.0 Å². The zero-order chi connectivity index (χ0) is 16.9. The molecule has 1 aliphatic rings. The second-order valence-corrected chi connectivity index (χ2v) is 5.55. The molecule has 1 N–H and O–H groups in total. The summed E-state index contributed by atoms with van der Waals surface area (Å²) in [5.74, 6) is 0.386. The Morgan fingerprint density at radius 3 is 2.67 bits per heavy atom. The van der Waals surface area contributed by atoms with Crippen molar-refractivity contribution in [3.05, 3.63) is 54.1 Å². The molecule has 2 aromatic rings. The second-order valence-electron chi connectivity index (χ2n) is 5.55. The van der Waals surface area contributed by atoms with Gasteiger partial charge in [0.05, 0.1) is 23.5 Å². The summed E-state index contributed by atoms with van der Waals surface area (Å²) in [5.41, 5.74) is 1.84. The lowest BCUT2D eigenvalue weighted by molar-refractivity contribution is -0.117. The van der Waals surface area contributed by atoms with E-state index in [0.717, 1.165) is 12.1 Å². The molecule has 1 saturated heterocycles. The number of carbonyl (C=O) groups excluding carboxylic acids is 2. The Morgan fingerprint density at radius 2 is 1.92 bits per heavy atom. The molecule has 24 heavy (non-hydrogen) atoms. The van der Waals surface area contributed by atoms with E-state index in [1.54, 1.807) is 23.1 Å². The van der Waals surface area contributed by atoms with Crippen LogP contribution < -0.4 is 15.0 Å². The number of amides is 2. The van der Waals surface area contributed by atoms with E-state index in [9.17, 15) is 9.59 Å². The first kappa shape index (κ1) is 16.1. The van der Waals surface area contributed by atoms with Crippen LogP contribution in [0.5, 0.6) is 5.75 Å². The summed E-state index contributed by atoms with van der Waals surface area (Å²) in [6.45, 7) is 3.05. The van der Waals surface area contributed by atoms with Gasteiger partial charge in [0.2, 0.25) is 5.91 Å². The van der Waals surface area contributed by atoms with Gasteiger partial charge in [0.1, 0.15) is 5.75 Å². The molecule has 0 bridgehead atoms. The molecular weight excluding hydrogens is 304 g/mol. The van der Waals surface area contributed by atoms with Gasteiger partial charge in [0.15, 0.2) is 0 Å². The number of carbonyl (C=O) groups is 2. The maximum Gasteiger partial charge on any atom is 0.259 e. The Hall–Kier alpha value is -2.82. The minimum atomic E-state index is -0.252. The molecule has 5 heteroatoms. The third kappa shape index (κ3) is 3.25. The Balaban J connectivity index is 1.87. The highest BCUT2D eigenvalue weighted by Gasteiger charge is 2.24. The zero-order valence-corrected chi connectivity index (χ0v) is 13.6. The Morgan fingerprint density at radius 1 is 1.17 bits per heavy atom. The van der Waals surface area contributed by atoms with Gasteiger partial charge in [0.25, 0.3) is 5.91 Å². The predicted octanol–water partition coefficient (Wildman–Crippen LogP) is 3.46. The standard InChI is InChI=1S/C19H20N2O3/c1-2-24-17-11-6-3-8-14(17)19(23)20-15-9-4-5-10-16(15)21-13-7-12-18(21)22/h3-6,8-11H,2,7,12-13H2,1H3,(H,20,23). The molecule has 1 heterocycles. The lowest BCUT2D eigenvalue weighted by Crippen LogP contribution is -2.25. The number of anilines is 2. The van der Waals surface area contributed by atoms with Crippen LogP contribution in [0.2, 0.25) is 0 Å². The van der Waals surface area contributed by atoms with Crippen LogP contribution in [-0.4, -0.2) is 25.0 Å². The molecule has 2 amide bonds. The van der Waals surface area contributed by atoms with Crippen LogP contribution in [0.25, 0.3) is 0 Å². The first-order chi connectivity index (χ1) is 11.7. The van der Waals surface area contributed by atoms with Crippen molar-refractivity contribution in [3.8, 4) is 5.75 Å². The van der Waals surface area contributed by atoms with Gasteiger partial charge in [-0.1, -0.05) is 24.3 Å². The number of nitrogens with zero attached hydrogens (tertiary/aromatic N) is 1. The number of benzene rings is 2. The molecule has 1 aliphatic heterocycles. The van der Waals surface area contributed by atoms with Crippen molar-refractivity contribution in [1.29, 1.82) is 0 Å². The molecule has 0 aromatic heterocycles. The monoisotopic (exact) mass is 324 g/mol. The van der Waals surface area contributed by atoms with E-state index in [4.69, 9.17) is 4.74 Å². The van der Waals surface area contributed by atoms with Crippen molar-refractivity contribution < 1.29 is 14.3 Å². The maximum absolute atomic E-state index is 12.7. The molecule has 1 fully saturated rings. The summed E-state index contributed by atoms with van der Waals surface area (Å²) >= 11 is 0. The van der Waals surface area contributed by atoms with E-state index < -0.39 is 0 Å². The first-order valence-electron chi connectivity index (χ1n) is 8.13. The highest BCUT2D eigenvalue weighted by atomic mass is 16.5. The SMILES string of the molecule is CCOc1ccccc1C(=O)Nc1ccccc1N1CCCC1=O. The summed E-state index contributed by atoms with van der Waals surface area (Å²) in [5, 5.41) is 2.91. The molecule has 5 nitrogen and oxygen atoms in total. The van der Waals surface area contributed by atoms with E-state index in [0.29, 0.717) is 36.6 Å². The minimum absolute atomic E-state index is 0.0893. The molecule has 0 saturated carbocycles. The summed E-state index contributed by atoms with van der Waals surface area (Å²) in [7, 11) is 0. The Kier molecular flexibility index (Phi) is 4.79. The van der Waals surface area contributed by atoms with Gasteiger partial charge in [-0.2, -0.15) is 0 Å². The zero-order valence-electron chi connectivity index (χ0n) is 13.6. The fourth-order valence-corrected chi connectivity index (χ4v) is 2.84. The molecule has 124 valence electrons. The Labute approximate surface area is 141 Å². The molecule has 2 aromatic carbocycles. The van der Waals surface area contributed by atoms with Crippen molar-refractivity contribution in [2.45, 2.75) is 19.8 Å². The maximum atomic E-state index is 12.7. The molecular formula is C19H20N2O3. The molecule has 0 aliphatic carbocycles. The predicted molar refractivity (Wildman–Crippen MR) is 93.6 cm³/mol. The van der Waals surface area contributed by atoms with Crippen molar-refractivity contribution in [3.63, 3.8) is 0 Å². The molecule has 3 rings (SSSR count). The van der Waals surface area contributed by atoms with Gasteiger partial charge >= 0.3 is 0 Å². The smallest absolute Gasteiger partial charge is 0.259 e. The van der Waals surface area contributed by atoms with Crippen LogP contribution in [0.1, 0.15) is 30.1 Å². The van der Waals surface area contributed by atoms with E-state index in [-0.39, 0.29) is 11.8 Å². The fourth-order valence-electron chi connectivity index (χ4n) is 2.84. The summed E-state index contributed by atoms with van der Waals surface area (Å²) < 4.78 is 5.52. The van der Waals surface area contributed by atoms with Crippen LogP contribution in [0, 0.1) is 0 Å². The van der Waals surface area contributed by atoms with Crippen LogP contribution >= 0.6 is 0 Å². The number of ether oxygens (including phenoxy) is 1. The number of nitrogens with one attached hydrogen (secondary N) is 1. The molecule has 0 atom stereocenters. The summed E-state index contributed by atoms with van der Waals surface area (Å²) in [6.07, 6.45) is 1.39. The number of hydrogen-bond acceptors (Lipinski definition) is 3. The van der Waals surface area contributed by atoms with Gasteiger partial charge in [-0.25, -0.2) is 0 Å². The van der Waals surface area contributed by atoms with Crippen LogP contribution in [0.3, 0.4) is 0 Å². The summed E-state index contributed by atoms with van der Waals surface area (Å²) in [4.78, 5) is 26.4. The lowest BCUT2D eigenvalue weighted by Gasteiger charge is -2.20. The second kappa shape index (κ2) is 7.17. The lowest BCUT2D eigenvalue weighted by atomic mass is 10.1. The van der Waals surface area contributed by atoms with Crippen LogP contribution in [0.4, 0.5) is 11.4 Å². The molecule has 0 unspecified atom stereocenters. The van der Waals surface area contributed by atoms with Gasteiger partial charge in [-0.15, -0.1) is 0 Å². The van der Waals surface area contributed by atoms with Crippen molar-refractivity contribution in [2.24, 2.45) is 0 Å². The minimum Gasteiger partial charge on any atom is -0.493 e. The normalized spacial score (nSPS) is 13.9. The topological polar surface area (TPSA) is 58.6 Å². The third-order valence-corrected chi connectivity index (χ3v) is 3.95. The van der Waals surface area contributed by atoms with Gasteiger partial charge in [-0.3, -0.25) is 9.59 Å². The van der Waals surface area contributed by atoms with Crippen molar-refractivity contribution in [2.75, 3.05) is 23.4 Å². The third-order valence-electron chi connectivity index (χ3n) is 3.95. The van der Waals surface area contributed by atoms with Crippen LogP contribution in [-0.2, 0) is 4.79 Å². The van der Waals surface area contributed by atoms with Crippen LogP contribution in [0.15, 0.2) is 48.5 Å². The first-order valence-corrected chi connectivity index (χ1v) is 8.13. The Bertz CT molecular complexity index is 758. The van der Waals surface area contributed by atoms with Gasteiger partial charge in [-0.05, 0) is 37.6 Å². The van der Waals surface area contributed by atoms with Gasteiger partial charge < -0.3 is 15.0 Å². The number of para-hydroxylation sites is 3. The number of rotatable bonds is 5. The molecule has 0 spiro atoms. The highest BCUT2D eigenvalue weighted by Crippen LogP contribution is 2.30. The average Bonchev–Trinajstić information content (AvgIpc) is 3.02. The van der Waals surface area contributed by atoms with E-state index in [1.807, 2.05) is 37.3 Å². The number of hydrogen-bond donors (Lipinski definition) is 1. The highest BCUT2D eigenvalue weighted by molar-refractivity contribution is 6.09. The van der Waals surface area contributed by atoms with Crippen molar-refractivity contribution >= 4 is 23.2 Å². The van der Waals surface area contributed by atoms with E-state index >= 15 is 0 Å². The average molecular weight is 324 g/mol. The molecule has 0 radical (unpaired) electrons. The largest absolute Gasteiger partial charge is 0.493 e. The van der Waals surface area contributed by atoms with Crippen molar-refractivity contribution in [1.82, 2.24) is 0 Å². The van der Waals surface area contributed by atoms with E-state index in [1.165, 1.54) is 0 Å².